The van der Waals surface area contributed by atoms with E-state index in [1.54, 1.807) is 27.7 Å². The van der Waals surface area contributed by atoms with Crippen LogP contribution in [0.1, 0.15) is 27.7 Å². The van der Waals surface area contributed by atoms with Crippen molar-refractivity contribution in [3.8, 4) is 0 Å². The number of hydrogen-bond acceptors (Lipinski definition) is 11. The number of amides is 5. The fraction of sp³-hybridized carbons (Fsp3) is 0.722. The summed E-state index contributed by atoms with van der Waals surface area (Å²) < 4.78 is 13.8. The van der Waals surface area contributed by atoms with E-state index in [2.05, 4.69) is 46.3 Å². The molecule has 16 heteroatoms. The van der Waals surface area contributed by atoms with Crippen molar-refractivity contribution in [2.75, 3.05) is 53.1 Å². The lowest BCUT2D eigenvalue weighted by molar-refractivity contribution is -0.128. The van der Waals surface area contributed by atoms with E-state index in [0.717, 1.165) is 0 Å². The van der Waals surface area contributed by atoms with Crippen molar-refractivity contribution in [2.24, 2.45) is 5.90 Å². The zero-order valence-corrected chi connectivity index (χ0v) is 20.1. The second-order valence-corrected chi connectivity index (χ2v) is 6.97. The van der Waals surface area contributed by atoms with Crippen LogP contribution in [-0.4, -0.2) is 88.8 Å². The molecule has 0 rings (SSSR count). The monoisotopic (exact) mass is 496 g/mol. The summed E-state index contributed by atoms with van der Waals surface area (Å²) in [5.41, 5.74) is 1.34. The van der Waals surface area contributed by atoms with Gasteiger partial charge >= 0.3 is 18.3 Å². The Morgan fingerprint density at radius 1 is 0.765 bits per heavy atom. The Kier molecular flexibility index (Phi) is 19.5. The molecular weight excluding hydrogens is 460 g/mol. The molecule has 0 aliphatic carbocycles. The third-order valence-electron chi connectivity index (χ3n) is 2.87. The van der Waals surface area contributed by atoms with E-state index in [4.69, 9.17) is 4.74 Å². The molecule has 0 aromatic rings. The van der Waals surface area contributed by atoms with Crippen LogP contribution >= 0.6 is 0 Å². The van der Waals surface area contributed by atoms with E-state index in [-0.39, 0.29) is 38.8 Å². The van der Waals surface area contributed by atoms with Gasteiger partial charge in [-0.3, -0.25) is 19.3 Å². The van der Waals surface area contributed by atoms with Gasteiger partial charge in [0.15, 0.2) is 6.61 Å². The van der Waals surface area contributed by atoms with Gasteiger partial charge in [0.25, 0.3) is 0 Å². The number of nitrogens with one attached hydrogen (secondary N) is 5. The molecule has 7 N–H and O–H groups in total. The summed E-state index contributed by atoms with van der Waals surface area (Å²) in [6, 6.07) is 0. The summed E-state index contributed by atoms with van der Waals surface area (Å²) in [5.74, 6) is 3.87. The van der Waals surface area contributed by atoms with Crippen LogP contribution in [0, 0.1) is 0 Å². The summed E-state index contributed by atoms with van der Waals surface area (Å²) in [7, 11) is 1.26. The first-order valence-corrected chi connectivity index (χ1v) is 10.1. The fourth-order valence-corrected chi connectivity index (χ4v) is 1.62. The number of hydroxylamine groups is 1. The molecule has 0 bridgehead atoms. The minimum atomic E-state index is -0.778. The average Bonchev–Trinajstić information content (AvgIpc) is 2.73. The van der Waals surface area contributed by atoms with E-state index < -0.39 is 29.8 Å². The number of ether oxygens (including phenoxy) is 3. The van der Waals surface area contributed by atoms with E-state index in [9.17, 15) is 24.0 Å². The van der Waals surface area contributed by atoms with E-state index in [1.165, 1.54) is 7.11 Å². The van der Waals surface area contributed by atoms with Gasteiger partial charge in [-0.25, -0.2) is 20.3 Å². The lowest BCUT2D eigenvalue weighted by Crippen LogP contribution is -2.39. The number of alkyl carbamates (subject to hydrolysis) is 2. The summed E-state index contributed by atoms with van der Waals surface area (Å²) in [6.45, 7) is 7.56. The molecule has 0 radical (unpaired) electrons. The van der Waals surface area contributed by atoms with Gasteiger partial charge in [-0.05, 0) is 27.7 Å². The van der Waals surface area contributed by atoms with Crippen molar-refractivity contribution in [3.05, 3.63) is 0 Å². The lowest BCUT2D eigenvalue weighted by atomic mass is 10.2. The Hall–Kier alpha value is -3.37. The number of carbonyl (C=O) groups is 5. The van der Waals surface area contributed by atoms with Gasteiger partial charge in [0, 0.05) is 26.2 Å². The first kappa shape index (κ1) is 32.8. The molecule has 0 unspecified atom stereocenters. The van der Waals surface area contributed by atoms with Crippen molar-refractivity contribution < 1.29 is 47.9 Å². The van der Waals surface area contributed by atoms with Gasteiger partial charge in [-0.2, -0.15) is 5.48 Å². The second kappa shape index (κ2) is 20.3. The third-order valence-corrected chi connectivity index (χ3v) is 2.87. The van der Waals surface area contributed by atoms with E-state index in [0.29, 0.717) is 13.1 Å². The zero-order chi connectivity index (χ0) is 26.4. The van der Waals surface area contributed by atoms with Crippen LogP contribution in [0.3, 0.4) is 0 Å². The van der Waals surface area contributed by atoms with Crippen LogP contribution in [0.15, 0.2) is 0 Å². The predicted octanol–water partition coefficient (Wildman–Crippen LogP) is -1.35. The average molecular weight is 497 g/mol. The highest BCUT2D eigenvalue weighted by molar-refractivity contribution is 5.77. The summed E-state index contributed by atoms with van der Waals surface area (Å²) in [5, 5.41) is 9.74. The molecule has 0 fully saturated rings. The molecule has 5 amide bonds. The SMILES string of the molecule is CCOC(=O)NCCNC(=O)CONC(=O)OC(C)(C)C.COC(=O)NCCNC(=O)CON. The summed E-state index contributed by atoms with van der Waals surface area (Å²) in [4.78, 5) is 63.3. The molecule has 0 heterocycles. The Balaban J connectivity index is 0. The molecule has 16 nitrogen and oxygen atoms in total. The lowest BCUT2D eigenvalue weighted by Gasteiger charge is -2.19. The normalized spacial score (nSPS) is 9.94. The largest absolute Gasteiger partial charge is 0.453 e. The van der Waals surface area contributed by atoms with Crippen molar-refractivity contribution in [3.63, 3.8) is 0 Å². The molecule has 0 saturated heterocycles. The quantitative estimate of drug-likeness (QED) is 0.105. The zero-order valence-electron chi connectivity index (χ0n) is 20.1. The minimum absolute atomic E-state index is 0.196. The van der Waals surface area contributed by atoms with Gasteiger partial charge in [-0.15, -0.1) is 0 Å². The van der Waals surface area contributed by atoms with Crippen molar-refractivity contribution in [1.29, 1.82) is 0 Å². The van der Waals surface area contributed by atoms with Crippen LogP contribution in [0.25, 0.3) is 0 Å². The van der Waals surface area contributed by atoms with Gasteiger partial charge in [0.05, 0.1) is 13.7 Å². The molecule has 198 valence electrons. The van der Waals surface area contributed by atoms with Crippen LogP contribution in [-0.2, 0) is 33.5 Å². The van der Waals surface area contributed by atoms with Crippen molar-refractivity contribution >= 4 is 30.1 Å². The van der Waals surface area contributed by atoms with Crippen molar-refractivity contribution in [2.45, 2.75) is 33.3 Å². The van der Waals surface area contributed by atoms with Gasteiger partial charge in [0.2, 0.25) is 11.8 Å². The Morgan fingerprint density at radius 2 is 1.26 bits per heavy atom. The van der Waals surface area contributed by atoms with Crippen LogP contribution in [0.2, 0.25) is 0 Å². The Bertz CT molecular complexity index is 627. The van der Waals surface area contributed by atoms with Gasteiger partial charge in [0.1, 0.15) is 12.2 Å². The van der Waals surface area contributed by atoms with Crippen LogP contribution in [0.5, 0.6) is 0 Å². The highest BCUT2D eigenvalue weighted by Crippen LogP contribution is 2.06. The molecule has 0 aliphatic rings. The fourth-order valence-electron chi connectivity index (χ4n) is 1.62. The molecule has 0 aliphatic heterocycles. The van der Waals surface area contributed by atoms with E-state index in [1.807, 2.05) is 5.48 Å². The third kappa shape index (κ3) is 24.9. The van der Waals surface area contributed by atoms with Crippen molar-refractivity contribution in [1.82, 2.24) is 26.7 Å². The standard InChI is InChI=1S/C12H23N3O6.C6H13N3O4/c1-5-19-10(17)14-7-6-13-9(16)8-20-15-11(18)21-12(2,3)4;1-12-6(11)9-3-2-8-5(10)4-13-7/h5-8H2,1-4H3,(H,13,16)(H,14,17)(H,15,18);2-4,7H2,1H3,(H,8,10)(H,9,11). The molecule has 0 saturated carbocycles. The van der Waals surface area contributed by atoms with Crippen LogP contribution in [0.4, 0.5) is 14.4 Å². The molecule has 0 aromatic carbocycles. The molecule has 34 heavy (non-hydrogen) atoms. The minimum Gasteiger partial charge on any atom is -0.453 e. The maximum absolute atomic E-state index is 11.3. The highest BCUT2D eigenvalue weighted by Gasteiger charge is 2.16. The first-order valence-electron chi connectivity index (χ1n) is 10.1. The highest BCUT2D eigenvalue weighted by atomic mass is 16.7. The first-order chi connectivity index (χ1) is 15.9. The van der Waals surface area contributed by atoms with E-state index >= 15 is 0 Å². The maximum atomic E-state index is 11.3. The number of nitrogens with two attached hydrogens (primary N) is 1. The molecule has 0 spiro atoms. The molecule has 0 atom stereocenters. The number of hydrogen-bond donors (Lipinski definition) is 6. The number of carbonyl (C=O) groups excluding carboxylic acids is 5. The summed E-state index contributed by atoms with van der Waals surface area (Å²) >= 11 is 0. The Morgan fingerprint density at radius 3 is 1.74 bits per heavy atom. The van der Waals surface area contributed by atoms with Gasteiger partial charge in [-0.1, -0.05) is 0 Å². The predicted molar refractivity (Wildman–Crippen MR) is 117 cm³/mol. The Labute approximate surface area is 197 Å². The second-order valence-electron chi connectivity index (χ2n) is 6.97. The summed E-state index contributed by atoms with van der Waals surface area (Å²) in [6.07, 6.45) is -1.86. The topological polar surface area (TPSA) is 218 Å². The smallest absolute Gasteiger partial charge is 0.431 e. The van der Waals surface area contributed by atoms with Crippen LogP contribution < -0.4 is 32.6 Å². The molecule has 0 aromatic heterocycles. The molecular formula is C18H36N6O10. The number of rotatable bonds is 12. The van der Waals surface area contributed by atoms with Gasteiger partial charge < -0.3 is 35.5 Å². The maximum Gasteiger partial charge on any atom is 0.431 e. The number of methoxy groups -OCH3 is 1.